The Hall–Kier alpha value is -1.56. The molecule has 0 aromatic heterocycles. The number of rotatable bonds is 4. The normalized spacial score (nSPS) is 18.1. The topological polar surface area (TPSA) is 58.6 Å². The average Bonchev–Trinajstić information content (AvgIpc) is 2.70. The minimum Gasteiger partial charge on any atom is -0.444 e. The van der Waals surface area contributed by atoms with E-state index in [-0.39, 0.29) is 18.1 Å². The molecular weight excluding hydrogens is 324 g/mol. The summed E-state index contributed by atoms with van der Waals surface area (Å²) in [6, 6.07) is 5.69. The van der Waals surface area contributed by atoms with Gasteiger partial charge in [0.05, 0.1) is 6.54 Å². The van der Waals surface area contributed by atoms with Gasteiger partial charge in [-0.2, -0.15) is 0 Å². The highest BCUT2D eigenvalue weighted by molar-refractivity contribution is 9.10. The van der Waals surface area contributed by atoms with Gasteiger partial charge in [0.25, 0.3) is 0 Å². The lowest BCUT2D eigenvalue weighted by atomic mass is 10.1. The first kappa shape index (κ1) is 14.8. The number of nitrogens with one attached hydrogen (secondary N) is 1. The number of cyclic esters (lactones) is 1. The van der Waals surface area contributed by atoms with Crippen molar-refractivity contribution in [3.8, 4) is 0 Å². The smallest absolute Gasteiger partial charge is 0.409 e. The summed E-state index contributed by atoms with van der Waals surface area (Å²) in [4.78, 5) is 24.6. The predicted molar refractivity (Wildman–Crippen MR) is 79.6 cm³/mol. The number of aryl methyl sites for hydroxylation is 1. The molecule has 1 saturated heterocycles. The first-order chi connectivity index (χ1) is 9.45. The lowest BCUT2D eigenvalue weighted by molar-refractivity contribution is -0.116. The maximum absolute atomic E-state index is 11.9. The summed E-state index contributed by atoms with van der Waals surface area (Å²) in [5.41, 5.74) is 1.80. The van der Waals surface area contributed by atoms with Gasteiger partial charge in [0, 0.05) is 23.6 Å². The van der Waals surface area contributed by atoms with Crippen molar-refractivity contribution in [1.82, 2.24) is 4.90 Å². The third-order valence-electron chi connectivity index (χ3n) is 3.21. The molecule has 6 heteroatoms. The van der Waals surface area contributed by atoms with Crippen LogP contribution in [0.15, 0.2) is 22.7 Å². The van der Waals surface area contributed by atoms with Crippen LogP contribution in [0, 0.1) is 6.92 Å². The number of hydrogen-bond donors (Lipinski definition) is 1. The molecule has 2 amide bonds. The molecule has 1 aromatic rings. The van der Waals surface area contributed by atoms with Gasteiger partial charge in [-0.05, 0) is 37.1 Å². The maximum Gasteiger partial charge on any atom is 0.409 e. The van der Waals surface area contributed by atoms with Gasteiger partial charge in [0.15, 0.2) is 0 Å². The van der Waals surface area contributed by atoms with E-state index in [1.54, 1.807) is 7.05 Å². The quantitative estimate of drug-likeness (QED) is 0.916. The minimum absolute atomic E-state index is 0.0685. The highest BCUT2D eigenvalue weighted by Crippen LogP contribution is 2.20. The lowest BCUT2D eigenvalue weighted by Crippen LogP contribution is -2.20. The summed E-state index contributed by atoms with van der Waals surface area (Å²) in [5.74, 6) is -0.0685. The molecule has 2 rings (SSSR count). The zero-order chi connectivity index (χ0) is 14.7. The average molecular weight is 341 g/mol. The van der Waals surface area contributed by atoms with E-state index in [9.17, 15) is 9.59 Å². The number of halogens is 1. The molecule has 0 aliphatic carbocycles. The Morgan fingerprint density at radius 1 is 1.55 bits per heavy atom. The van der Waals surface area contributed by atoms with Crippen LogP contribution in [0.25, 0.3) is 0 Å². The standard InChI is InChI=1S/C14H17BrN2O3/c1-9-7-10(15)3-5-12(9)16-13(18)6-4-11-8-17(2)14(19)20-11/h3,5,7,11H,4,6,8H2,1-2H3,(H,16,18). The van der Waals surface area contributed by atoms with Crippen LogP contribution >= 0.6 is 15.9 Å². The SMILES string of the molecule is Cc1cc(Br)ccc1NC(=O)CCC1CN(C)C(=O)O1. The molecular formula is C14H17BrN2O3. The molecule has 1 N–H and O–H groups in total. The Morgan fingerprint density at radius 2 is 2.30 bits per heavy atom. The van der Waals surface area contributed by atoms with Gasteiger partial charge < -0.3 is 15.0 Å². The maximum atomic E-state index is 11.9. The van der Waals surface area contributed by atoms with Gasteiger partial charge in [-0.15, -0.1) is 0 Å². The van der Waals surface area contributed by atoms with E-state index in [1.807, 2.05) is 25.1 Å². The number of nitrogens with zero attached hydrogens (tertiary/aromatic N) is 1. The fourth-order valence-electron chi connectivity index (χ4n) is 2.07. The molecule has 1 atom stereocenters. The Bertz CT molecular complexity index is 533. The third kappa shape index (κ3) is 3.72. The van der Waals surface area contributed by atoms with Crippen LogP contribution in [0.5, 0.6) is 0 Å². The van der Waals surface area contributed by atoms with Crippen molar-refractivity contribution in [2.45, 2.75) is 25.9 Å². The summed E-state index contributed by atoms with van der Waals surface area (Å²) in [6.45, 7) is 2.48. The first-order valence-corrected chi connectivity index (χ1v) is 7.23. The largest absolute Gasteiger partial charge is 0.444 e. The highest BCUT2D eigenvalue weighted by atomic mass is 79.9. The van der Waals surface area contributed by atoms with Crippen LogP contribution in [0.4, 0.5) is 10.5 Å². The van der Waals surface area contributed by atoms with E-state index in [2.05, 4.69) is 21.2 Å². The van der Waals surface area contributed by atoms with Crippen molar-refractivity contribution in [3.63, 3.8) is 0 Å². The highest BCUT2D eigenvalue weighted by Gasteiger charge is 2.28. The molecule has 1 aliphatic heterocycles. The van der Waals surface area contributed by atoms with Crippen LogP contribution in [0.2, 0.25) is 0 Å². The molecule has 5 nitrogen and oxygen atoms in total. The monoisotopic (exact) mass is 340 g/mol. The molecule has 0 bridgehead atoms. The van der Waals surface area contributed by atoms with Gasteiger partial charge >= 0.3 is 6.09 Å². The number of amides is 2. The van der Waals surface area contributed by atoms with Crippen molar-refractivity contribution in [1.29, 1.82) is 0 Å². The molecule has 0 spiro atoms. The van der Waals surface area contributed by atoms with E-state index < -0.39 is 0 Å². The molecule has 20 heavy (non-hydrogen) atoms. The molecule has 1 heterocycles. The second-order valence-electron chi connectivity index (χ2n) is 4.93. The van der Waals surface area contributed by atoms with E-state index in [0.29, 0.717) is 19.4 Å². The zero-order valence-electron chi connectivity index (χ0n) is 11.5. The van der Waals surface area contributed by atoms with Crippen molar-refractivity contribution < 1.29 is 14.3 Å². The Morgan fingerprint density at radius 3 is 2.90 bits per heavy atom. The molecule has 0 radical (unpaired) electrons. The van der Waals surface area contributed by atoms with E-state index in [1.165, 1.54) is 4.90 Å². The summed E-state index contributed by atoms with van der Waals surface area (Å²) < 4.78 is 6.09. The zero-order valence-corrected chi connectivity index (χ0v) is 13.1. The Kier molecular flexibility index (Phi) is 4.65. The van der Waals surface area contributed by atoms with Crippen LogP contribution in [0.1, 0.15) is 18.4 Å². The fourth-order valence-corrected chi connectivity index (χ4v) is 2.55. The van der Waals surface area contributed by atoms with E-state index >= 15 is 0 Å². The predicted octanol–water partition coefficient (Wildman–Crippen LogP) is 2.93. The Balaban J connectivity index is 1.82. The van der Waals surface area contributed by atoms with Crippen molar-refractivity contribution in [2.24, 2.45) is 0 Å². The summed E-state index contributed by atoms with van der Waals surface area (Å²) in [6.07, 6.45) is 0.363. The first-order valence-electron chi connectivity index (χ1n) is 6.43. The number of carbonyl (C=O) groups is 2. The molecule has 1 fully saturated rings. The van der Waals surface area contributed by atoms with Crippen LogP contribution in [0.3, 0.4) is 0 Å². The van der Waals surface area contributed by atoms with Gasteiger partial charge in [0.2, 0.25) is 5.91 Å². The number of benzene rings is 1. The number of likely N-dealkylation sites (N-methyl/N-ethyl adjacent to an activating group) is 1. The van der Waals surface area contributed by atoms with Crippen molar-refractivity contribution in [2.75, 3.05) is 18.9 Å². The van der Waals surface area contributed by atoms with E-state index in [4.69, 9.17) is 4.74 Å². The van der Waals surface area contributed by atoms with Gasteiger partial charge in [0.1, 0.15) is 6.10 Å². The van der Waals surface area contributed by atoms with Gasteiger partial charge in [-0.3, -0.25) is 4.79 Å². The number of carbonyl (C=O) groups excluding carboxylic acids is 2. The number of ether oxygens (including phenoxy) is 1. The lowest BCUT2D eigenvalue weighted by Gasteiger charge is -2.10. The molecule has 1 aromatic carbocycles. The second-order valence-corrected chi connectivity index (χ2v) is 5.85. The Labute approximate surface area is 126 Å². The van der Waals surface area contributed by atoms with Crippen molar-refractivity contribution >= 4 is 33.6 Å². The second kappa shape index (κ2) is 6.26. The van der Waals surface area contributed by atoms with E-state index in [0.717, 1.165) is 15.7 Å². The van der Waals surface area contributed by atoms with Crippen LogP contribution < -0.4 is 5.32 Å². The minimum atomic E-state index is -0.320. The van der Waals surface area contributed by atoms with Crippen LogP contribution in [-0.2, 0) is 9.53 Å². The molecule has 1 unspecified atom stereocenters. The summed E-state index contributed by atoms with van der Waals surface area (Å²) in [5, 5.41) is 2.87. The molecule has 0 saturated carbocycles. The summed E-state index contributed by atoms with van der Waals surface area (Å²) >= 11 is 3.38. The van der Waals surface area contributed by atoms with Gasteiger partial charge in [-0.1, -0.05) is 15.9 Å². The molecule has 108 valence electrons. The number of hydrogen-bond acceptors (Lipinski definition) is 3. The van der Waals surface area contributed by atoms with Gasteiger partial charge in [-0.25, -0.2) is 4.79 Å². The molecule has 1 aliphatic rings. The van der Waals surface area contributed by atoms with Crippen molar-refractivity contribution in [3.05, 3.63) is 28.2 Å². The fraction of sp³-hybridized carbons (Fsp3) is 0.429. The number of anilines is 1. The summed E-state index contributed by atoms with van der Waals surface area (Å²) in [7, 11) is 1.69. The van der Waals surface area contributed by atoms with Crippen LogP contribution in [-0.4, -0.2) is 36.6 Å². The third-order valence-corrected chi connectivity index (χ3v) is 3.71.